The minimum Gasteiger partial charge on any atom is -0.353 e. The minimum atomic E-state index is -0.0599. The molecule has 0 atom stereocenters. The van der Waals surface area contributed by atoms with Crippen LogP contribution in [0.2, 0.25) is 0 Å². The maximum absolute atomic E-state index is 12.1. The number of aryl methyl sites for hydroxylation is 1. The number of nitrogens with zero attached hydrogens (tertiary/aromatic N) is 6. The van der Waals surface area contributed by atoms with E-state index >= 15 is 0 Å². The second-order valence-corrected chi connectivity index (χ2v) is 7.82. The first-order valence-corrected chi connectivity index (χ1v) is 9.18. The first kappa shape index (κ1) is 18.5. The van der Waals surface area contributed by atoms with Gasteiger partial charge in [-0.15, -0.1) is 0 Å². The van der Waals surface area contributed by atoms with Crippen LogP contribution in [0.1, 0.15) is 32.2 Å². The van der Waals surface area contributed by atoms with Crippen molar-refractivity contribution in [2.45, 2.75) is 39.7 Å². The summed E-state index contributed by atoms with van der Waals surface area (Å²) < 4.78 is 1.60. The number of hydrogen-bond donors (Lipinski definition) is 0. The van der Waals surface area contributed by atoms with E-state index in [1.54, 1.807) is 23.1 Å². The van der Waals surface area contributed by atoms with E-state index in [9.17, 15) is 4.79 Å². The zero-order chi connectivity index (χ0) is 18.7. The van der Waals surface area contributed by atoms with Gasteiger partial charge in [0.25, 0.3) is 5.56 Å². The average Bonchev–Trinajstić information content (AvgIpc) is 2.61. The zero-order valence-electron chi connectivity index (χ0n) is 16.1. The molecule has 0 aliphatic carbocycles. The van der Waals surface area contributed by atoms with E-state index in [4.69, 9.17) is 0 Å². The van der Waals surface area contributed by atoms with E-state index in [1.807, 2.05) is 13.0 Å². The minimum absolute atomic E-state index is 0.0354. The van der Waals surface area contributed by atoms with Crippen molar-refractivity contribution < 1.29 is 0 Å². The van der Waals surface area contributed by atoms with Crippen LogP contribution in [0.4, 0.5) is 5.82 Å². The first-order valence-electron chi connectivity index (χ1n) is 9.18. The molecule has 0 spiro atoms. The normalized spacial score (nSPS) is 16.1. The smallest absolute Gasteiger partial charge is 0.266 e. The van der Waals surface area contributed by atoms with Gasteiger partial charge >= 0.3 is 0 Å². The fourth-order valence-corrected chi connectivity index (χ4v) is 3.14. The predicted molar refractivity (Wildman–Crippen MR) is 103 cm³/mol. The van der Waals surface area contributed by atoms with E-state index in [1.165, 1.54) is 0 Å². The van der Waals surface area contributed by atoms with Crippen molar-refractivity contribution >= 4 is 5.82 Å². The van der Waals surface area contributed by atoms with Gasteiger partial charge in [0.05, 0.1) is 17.9 Å². The second kappa shape index (κ2) is 7.53. The highest BCUT2D eigenvalue weighted by Crippen LogP contribution is 2.18. The van der Waals surface area contributed by atoms with Gasteiger partial charge in [0.15, 0.2) is 0 Å². The lowest BCUT2D eigenvalue weighted by Gasteiger charge is -2.35. The molecule has 26 heavy (non-hydrogen) atoms. The molecular formula is C19H28N6O. The summed E-state index contributed by atoms with van der Waals surface area (Å²) in [6.45, 7) is 13.5. The second-order valence-electron chi connectivity index (χ2n) is 7.82. The fraction of sp³-hybridized carbons (Fsp3) is 0.579. The predicted octanol–water partition coefficient (Wildman–Crippen LogP) is 1.46. The van der Waals surface area contributed by atoms with Gasteiger partial charge in [0.1, 0.15) is 5.82 Å². The van der Waals surface area contributed by atoms with Crippen LogP contribution < -0.4 is 10.5 Å². The van der Waals surface area contributed by atoms with Crippen molar-refractivity contribution in [1.29, 1.82) is 0 Å². The Labute approximate surface area is 154 Å². The van der Waals surface area contributed by atoms with Crippen molar-refractivity contribution in [3.8, 4) is 0 Å². The van der Waals surface area contributed by atoms with Crippen LogP contribution in [0.3, 0.4) is 0 Å². The molecule has 3 rings (SSSR count). The molecule has 1 saturated heterocycles. The molecule has 0 aromatic carbocycles. The Bertz CT molecular complexity index is 802. The average molecular weight is 356 g/mol. The van der Waals surface area contributed by atoms with Gasteiger partial charge in [-0.1, -0.05) is 20.8 Å². The lowest BCUT2D eigenvalue weighted by atomic mass is 9.92. The Morgan fingerprint density at radius 2 is 1.69 bits per heavy atom. The third-order valence-corrected chi connectivity index (χ3v) is 4.79. The van der Waals surface area contributed by atoms with Crippen LogP contribution in [0.15, 0.2) is 29.3 Å². The van der Waals surface area contributed by atoms with Gasteiger partial charge in [-0.2, -0.15) is 5.10 Å². The van der Waals surface area contributed by atoms with Gasteiger partial charge < -0.3 is 4.90 Å². The largest absolute Gasteiger partial charge is 0.353 e. The monoisotopic (exact) mass is 356 g/mol. The number of rotatable bonds is 4. The summed E-state index contributed by atoms with van der Waals surface area (Å²) in [5, 5.41) is 4.55. The molecule has 140 valence electrons. The molecule has 2 aromatic heterocycles. The summed E-state index contributed by atoms with van der Waals surface area (Å²) in [7, 11) is 0. The molecule has 0 N–H and O–H groups in total. The fourth-order valence-electron chi connectivity index (χ4n) is 3.14. The number of anilines is 1. The van der Waals surface area contributed by atoms with Crippen LogP contribution in [0.5, 0.6) is 0 Å². The van der Waals surface area contributed by atoms with Gasteiger partial charge in [-0.3, -0.25) is 14.7 Å². The number of aromatic nitrogens is 4. The van der Waals surface area contributed by atoms with Crippen molar-refractivity contribution in [1.82, 2.24) is 24.6 Å². The van der Waals surface area contributed by atoms with Crippen molar-refractivity contribution in [2.75, 3.05) is 37.6 Å². The molecule has 3 heterocycles. The molecule has 1 fully saturated rings. The molecular weight excluding hydrogens is 328 g/mol. The van der Waals surface area contributed by atoms with Crippen molar-refractivity contribution in [3.63, 3.8) is 0 Å². The quantitative estimate of drug-likeness (QED) is 0.826. The molecule has 0 radical (unpaired) electrons. The summed E-state index contributed by atoms with van der Waals surface area (Å²) >= 11 is 0. The number of hydrogen-bond acceptors (Lipinski definition) is 6. The first-order chi connectivity index (χ1) is 12.3. The summed E-state index contributed by atoms with van der Waals surface area (Å²) in [5.74, 6) is 0.975. The number of piperazine rings is 1. The zero-order valence-corrected chi connectivity index (χ0v) is 16.1. The lowest BCUT2D eigenvalue weighted by Crippen LogP contribution is -2.48. The molecule has 0 unspecified atom stereocenters. The van der Waals surface area contributed by atoms with Gasteiger partial charge in [0.2, 0.25) is 0 Å². The third-order valence-electron chi connectivity index (χ3n) is 4.79. The Morgan fingerprint density at radius 1 is 1.00 bits per heavy atom. The highest BCUT2D eigenvalue weighted by atomic mass is 16.1. The van der Waals surface area contributed by atoms with Crippen LogP contribution in [0.25, 0.3) is 0 Å². The highest BCUT2D eigenvalue weighted by Gasteiger charge is 2.20. The Balaban J connectivity index is 1.58. The third kappa shape index (κ3) is 4.27. The van der Waals surface area contributed by atoms with Crippen molar-refractivity contribution in [2.24, 2.45) is 0 Å². The van der Waals surface area contributed by atoms with Crippen LogP contribution >= 0.6 is 0 Å². The maximum Gasteiger partial charge on any atom is 0.266 e. The Hall–Kier alpha value is -2.28. The van der Waals surface area contributed by atoms with Gasteiger partial charge in [0, 0.05) is 56.6 Å². The molecule has 0 saturated carbocycles. The summed E-state index contributed by atoms with van der Waals surface area (Å²) in [6.07, 6.45) is 3.47. The van der Waals surface area contributed by atoms with Crippen LogP contribution in [-0.4, -0.2) is 57.4 Å². The SMILES string of the molecule is Cc1nccnc1N1CCN(CCn2nc(C(C)(C)C)ccc2=O)CC1. The van der Waals surface area contributed by atoms with Crippen molar-refractivity contribution in [3.05, 3.63) is 46.3 Å². The van der Waals surface area contributed by atoms with E-state index < -0.39 is 0 Å². The summed E-state index contributed by atoms with van der Waals surface area (Å²) in [6, 6.07) is 3.46. The van der Waals surface area contributed by atoms with Gasteiger partial charge in [-0.25, -0.2) is 9.67 Å². The van der Waals surface area contributed by atoms with Gasteiger partial charge in [-0.05, 0) is 13.0 Å². The standard InChI is InChI=1S/C19H28N6O/c1-15-18(21-8-7-20-15)24-12-9-23(10-13-24)11-14-25-17(26)6-5-16(22-25)19(2,3)4/h5-8H,9-14H2,1-4H3. The maximum atomic E-state index is 12.1. The van der Waals surface area contributed by atoms with E-state index in [2.05, 4.69) is 45.6 Å². The molecule has 1 aliphatic rings. The van der Waals surface area contributed by atoms with Crippen LogP contribution in [0, 0.1) is 6.92 Å². The summed E-state index contributed by atoms with van der Waals surface area (Å²) in [5.41, 5.74) is 1.82. The molecule has 7 heteroatoms. The van der Waals surface area contributed by atoms with E-state index in [0.717, 1.165) is 49.9 Å². The molecule has 1 aliphatic heterocycles. The molecule has 0 bridgehead atoms. The van der Waals surface area contributed by atoms with Crippen LogP contribution in [-0.2, 0) is 12.0 Å². The Morgan fingerprint density at radius 3 is 2.35 bits per heavy atom. The lowest BCUT2D eigenvalue weighted by molar-refractivity contribution is 0.241. The highest BCUT2D eigenvalue weighted by molar-refractivity contribution is 5.42. The molecule has 7 nitrogen and oxygen atoms in total. The van der Waals surface area contributed by atoms with E-state index in [0.29, 0.717) is 6.54 Å². The molecule has 2 aromatic rings. The summed E-state index contributed by atoms with van der Waals surface area (Å²) in [4.78, 5) is 25.5. The van der Waals surface area contributed by atoms with E-state index in [-0.39, 0.29) is 11.0 Å². The molecule has 0 amide bonds. The Kier molecular flexibility index (Phi) is 5.36. The topological polar surface area (TPSA) is 67.2 Å².